The van der Waals surface area contributed by atoms with E-state index in [2.05, 4.69) is 15.5 Å². The number of thiophene rings is 1. The molecule has 0 bridgehead atoms. The SMILES string of the molecule is CCC(CC)(CO)CNC(=O)c1sc2nnccc2c1N. The van der Waals surface area contributed by atoms with E-state index >= 15 is 0 Å². The molecule has 0 spiro atoms. The Kier molecular flexibility index (Phi) is 4.74. The fourth-order valence-corrected chi connectivity index (χ4v) is 3.12. The second kappa shape index (κ2) is 6.36. The zero-order valence-corrected chi connectivity index (χ0v) is 13.0. The smallest absolute Gasteiger partial charge is 0.263 e. The highest BCUT2D eigenvalue weighted by Gasteiger charge is 2.27. The lowest BCUT2D eigenvalue weighted by molar-refractivity contribution is 0.0855. The molecule has 0 unspecified atom stereocenters. The molecule has 21 heavy (non-hydrogen) atoms. The van der Waals surface area contributed by atoms with Crippen LogP contribution in [0.5, 0.6) is 0 Å². The van der Waals surface area contributed by atoms with Crippen molar-refractivity contribution in [2.24, 2.45) is 5.41 Å². The van der Waals surface area contributed by atoms with E-state index in [0.717, 1.165) is 18.2 Å². The second-order valence-corrected chi connectivity index (χ2v) is 6.14. The van der Waals surface area contributed by atoms with Gasteiger partial charge in [-0.05, 0) is 18.9 Å². The molecular formula is C14H20N4O2S. The Bertz CT molecular complexity index is 629. The molecule has 2 aromatic heterocycles. The molecule has 7 heteroatoms. The average molecular weight is 308 g/mol. The highest BCUT2D eigenvalue weighted by molar-refractivity contribution is 7.21. The first-order valence-electron chi connectivity index (χ1n) is 6.95. The van der Waals surface area contributed by atoms with Crippen molar-refractivity contribution in [1.29, 1.82) is 0 Å². The van der Waals surface area contributed by atoms with Crippen molar-refractivity contribution in [3.05, 3.63) is 17.1 Å². The summed E-state index contributed by atoms with van der Waals surface area (Å²) in [7, 11) is 0. The number of anilines is 1. The van der Waals surface area contributed by atoms with Gasteiger partial charge in [0, 0.05) is 17.3 Å². The van der Waals surface area contributed by atoms with E-state index in [1.54, 1.807) is 12.3 Å². The molecule has 114 valence electrons. The van der Waals surface area contributed by atoms with Crippen LogP contribution in [0.4, 0.5) is 5.69 Å². The summed E-state index contributed by atoms with van der Waals surface area (Å²) in [5.41, 5.74) is 6.17. The van der Waals surface area contributed by atoms with Gasteiger partial charge in [-0.15, -0.1) is 16.4 Å². The van der Waals surface area contributed by atoms with Crippen molar-refractivity contribution in [1.82, 2.24) is 15.5 Å². The van der Waals surface area contributed by atoms with E-state index in [0.29, 0.717) is 21.9 Å². The molecule has 0 aliphatic carbocycles. The maximum Gasteiger partial charge on any atom is 0.263 e. The Balaban J connectivity index is 2.17. The number of nitrogens with zero attached hydrogens (tertiary/aromatic N) is 2. The molecule has 0 aliphatic rings. The number of rotatable bonds is 6. The minimum Gasteiger partial charge on any atom is -0.397 e. The van der Waals surface area contributed by atoms with Crippen LogP contribution in [0.15, 0.2) is 12.3 Å². The van der Waals surface area contributed by atoms with Crippen LogP contribution in [0.3, 0.4) is 0 Å². The van der Waals surface area contributed by atoms with Crippen molar-refractivity contribution in [3.63, 3.8) is 0 Å². The summed E-state index contributed by atoms with van der Waals surface area (Å²) in [5, 5.41) is 20.9. The molecule has 1 amide bonds. The van der Waals surface area contributed by atoms with E-state index in [4.69, 9.17) is 5.73 Å². The van der Waals surface area contributed by atoms with Crippen molar-refractivity contribution in [3.8, 4) is 0 Å². The topological polar surface area (TPSA) is 101 Å². The minimum atomic E-state index is -0.277. The summed E-state index contributed by atoms with van der Waals surface area (Å²) in [6.07, 6.45) is 3.15. The van der Waals surface area contributed by atoms with Crippen LogP contribution in [-0.4, -0.2) is 34.4 Å². The minimum absolute atomic E-state index is 0.0493. The lowest BCUT2D eigenvalue weighted by Crippen LogP contribution is -2.39. The van der Waals surface area contributed by atoms with Crippen LogP contribution in [0.25, 0.3) is 10.2 Å². The van der Waals surface area contributed by atoms with Gasteiger partial charge in [0.05, 0.1) is 18.5 Å². The zero-order valence-electron chi connectivity index (χ0n) is 12.2. The third-order valence-electron chi connectivity index (χ3n) is 4.09. The number of hydrogen-bond donors (Lipinski definition) is 3. The Labute approximate surface area is 127 Å². The van der Waals surface area contributed by atoms with Crippen LogP contribution in [0, 0.1) is 5.41 Å². The zero-order chi connectivity index (χ0) is 15.5. The third kappa shape index (κ3) is 2.98. The molecule has 4 N–H and O–H groups in total. The molecule has 0 aromatic carbocycles. The number of amides is 1. The summed E-state index contributed by atoms with van der Waals surface area (Å²) >= 11 is 1.23. The number of nitrogens with two attached hydrogens (primary N) is 1. The maximum absolute atomic E-state index is 12.3. The highest BCUT2D eigenvalue weighted by Crippen LogP contribution is 2.32. The van der Waals surface area contributed by atoms with Crippen molar-refractivity contribution in [2.45, 2.75) is 26.7 Å². The Morgan fingerprint density at radius 1 is 1.48 bits per heavy atom. The van der Waals surface area contributed by atoms with Gasteiger partial charge in [0.1, 0.15) is 9.71 Å². The molecule has 6 nitrogen and oxygen atoms in total. The average Bonchev–Trinajstić information content (AvgIpc) is 2.87. The van der Waals surface area contributed by atoms with Gasteiger partial charge in [-0.2, -0.15) is 5.10 Å². The summed E-state index contributed by atoms with van der Waals surface area (Å²) in [5.74, 6) is -0.227. The largest absolute Gasteiger partial charge is 0.397 e. The third-order valence-corrected chi connectivity index (χ3v) is 5.19. The van der Waals surface area contributed by atoms with Crippen LogP contribution >= 0.6 is 11.3 Å². The van der Waals surface area contributed by atoms with E-state index in [9.17, 15) is 9.90 Å². The number of nitrogen functional groups attached to an aromatic ring is 1. The van der Waals surface area contributed by atoms with Crippen LogP contribution in [0.1, 0.15) is 36.4 Å². The van der Waals surface area contributed by atoms with Gasteiger partial charge in [0.25, 0.3) is 5.91 Å². The van der Waals surface area contributed by atoms with Crippen LogP contribution in [0.2, 0.25) is 0 Å². The summed E-state index contributed by atoms with van der Waals surface area (Å²) < 4.78 is 0. The summed E-state index contributed by atoms with van der Waals surface area (Å²) in [6.45, 7) is 4.49. The van der Waals surface area contributed by atoms with Gasteiger partial charge in [-0.3, -0.25) is 4.79 Å². The molecule has 2 heterocycles. The molecule has 0 fully saturated rings. The van der Waals surface area contributed by atoms with Gasteiger partial charge in [0.2, 0.25) is 0 Å². The molecule has 0 saturated heterocycles. The Morgan fingerprint density at radius 3 is 2.76 bits per heavy atom. The van der Waals surface area contributed by atoms with Gasteiger partial charge in [-0.1, -0.05) is 13.8 Å². The Morgan fingerprint density at radius 2 is 2.19 bits per heavy atom. The molecule has 2 rings (SSSR count). The van der Waals surface area contributed by atoms with Gasteiger partial charge in [0.15, 0.2) is 0 Å². The molecule has 0 saturated carbocycles. The quantitative estimate of drug-likeness (QED) is 0.755. The summed E-state index contributed by atoms with van der Waals surface area (Å²) in [6, 6.07) is 1.75. The van der Waals surface area contributed by atoms with E-state index < -0.39 is 0 Å². The first-order chi connectivity index (χ1) is 10.1. The molecule has 0 atom stereocenters. The highest BCUT2D eigenvalue weighted by atomic mass is 32.1. The van der Waals surface area contributed by atoms with Crippen molar-refractivity contribution >= 4 is 33.1 Å². The molecule has 2 aromatic rings. The van der Waals surface area contributed by atoms with Gasteiger partial charge < -0.3 is 16.2 Å². The van der Waals surface area contributed by atoms with E-state index in [1.165, 1.54) is 11.3 Å². The molecular weight excluding hydrogens is 288 g/mol. The predicted octanol–water partition coefficient (Wildman–Crippen LogP) is 1.80. The Hall–Kier alpha value is -1.73. The predicted molar refractivity (Wildman–Crippen MR) is 84.3 cm³/mol. The first-order valence-corrected chi connectivity index (χ1v) is 7.77. The summed E-state index contributed by atoms with van der Waals surface area (Å²) in [4.78, 5) is 13.4. The first kappa shape index (κ1) is 15.7. The van der Waals surface area contributed by atoms with E-state index in [-0.39, 0.29) is 17.9 Å². The monoisotopic (exact) mass is 308 g/mol. The number of aliphatic hydroxyl groups excluding tert-OH is 1. The number of nitrogens with one attached hydrogen (secondary N) is 1. The second-order valence-electron chi connectivity index (χ2n) is 5.14. The van der Waals surface area contributed by atoms with Crippen molar-refractivity contribution in [2.75, 3.05) is 18.9 Å². The van der Waals surface area contributed by atoms with Gasteiger partial charge >= 0.3 is 0 Å². The van der Waals surface area contributed by atoms with Crippen LogP contribution in [-0.2, 0) is 0 Å². The van der Waals surface area contributed by atoms with Crippen molar-refractivity contribution < 1.29 is 9.90 Å². The fourth-order valence-electron chi connectivity index (χ4n) is 2.17. The van der Waals surface area contributed by atoms with E-state index in [1.807, 2.05) is 13.8 Å². The number of hydrogen-bond acceptors (Lipinski definition) is 6. The number of fused-ring (bicyclic) bond motifs is 1. The maximum atomic E-state index is 12.3. The standard InChI is InChI=1S/C14H20N4O2S/c1-3-14(4-2,8-19)7-16-12(20)11-10(15)9-5-6-17-18-13(9)21-11/h5-6,19H,3-4,7-8,15H2,1-2H3,(H,16,20). The normalized spacial score (nSPS) is 11.8. The van der Waals surface area contributed by atoms with Crippen LogP contribution < -0.4 is 11.1 Å². The fraction of sp³-hybridized carbons (Fsp3) is 0.500. The number of aliphatic hydroxyl groups is 1. The molecule has 0 radical (unpaired) electrons. The van der Waals surface area contributed by atoms with Gasteiger partial charge in [-0.25, -0.2) is 0 Å². The lowest BCUT2D eigenvalue weighted by Gasteiger charge is -2.29. The number of carbonyl (C=O) groups excluding carboxylic acids is 1. The lowest BCUT2D eigenvalue weighted by atomic mass is 9.83. The molecule has 0 aliphatic heterocycles. The number of aromatic nitrogens is 2. The number of carbonyl (C=O) groups is 1.